The van der Waals surface area contributed by atoms with Gasteiger partial charge >= 0.3 is 0 Å². The quantitative estimate of drug-likeness (QED) is 0.875. The van der Waals surface area contributed by atoms with Crippen LogP contribution in [0.4, 0.5) is 0 Å². The molecule has 1 heterocycles. The molecular weight excluding hydrogens is 246 g/mol. The van der Waals surface area contributed by atoms with Crippen molar-refractivity contribution < 1.29 is 4.74 Å². The standard InChI is InChI=1S/C18H29NO/c1-5-19-17(12-14-10-11-20-13-14)15-6-8-16(9-7-15)18(2,3)4/h6-9,14,17,19H,5,10-13H2,1-4H3. The maximum Gasteiger partial charge on any atom is 0.0495 e. The Labute approximate surface area is 123 Å². The lowest BCUT2D eigenvalue weighted by molar-refractivity contribution is 0.181. The van der Waals surface area contributed by atoms with Gasteiger partial charge in [-0.15, -0.1) is 0 Å². The molecule has 2 unspecified atom stereocenters. The van der Waals surface area contributed by atoms with E-state index in [1.54, 1.807) is 0 Å². The Balaban J connectivity index is 2.08. The maximum atomic E-state index is 5.51. The highest BCUT2D eigenvalue weighted by Crippen LogP contribution is 2.28. The van der Waals surface area contributed by atoms with Gasteiger partial charge in [0.05, 0.1) is 0 Å². The molecule has 1 aliphatic rings. The summed E-state index contributed by atoms with van der Waals surface area (Å²) in [5.74, 6) is 0.710. The minimum Gasteiger partial charge on any atom is -0.381 e. The Hall–Kier alpha value is -0.860. The maximum absolute atomic E-state index is 5.51. The second-order valence-electron chi connectivity index (χ2n) is 6.95. The number of hydrogen-bond donors (Lipinski definition) is 1. The molecular formula is C18H29NO. The molecule has 2 atom stereocenters. The molecule has 2 nitrogen and oxygen atoms in total. The van der Waals surface area contributed by atoms with Crippen molar-refractivity contribution in [3.05, 3.63) is 35.4 Å². The van der Waals surface area contributed by atoms with E-state index in [2.05, 4.69) is 57.3 Å². The van der Waals surface area contributed by atoms with E-state index >= 15 is 0 Å². The number of rotatable bonds is 5. The highest BCUT2D eigenvalue weighted by molar-refractivity contribution is 5.29. The number of nitrogens with one attached hydrogen (secondary N) is 1. The van der Waals surface area contributed by atoms with E-state index in [0.717, 1.165) is 19.8 Å². The van der Waals surface area contributed by atoms with Crippen LogP contribution in [0.15, 0.2) is 24.3 Å². The zero-order valence-corrected chi connectivity index (χ0v) is 13.4. The van der Waals surface area contributed by atoms with Crippen molar-refractivity contribution in [2.45, 2.75) is 52.0 Å². The molecule has 0 spiro atoms. The molecule has 1 aliphatic heterocycles. The first-order chi connectivity index (χ1) is 9.50. The van der Waals surface area contributed by atoms with Crippen LogP contribution in [-0.4, -0.2) is 19.8 Å². The normalized spacial score (nSPS) is 21.1. The fourth-order valence-electron chi connectivity index (χ4n) is 2.90. The summed E-state index contributed by atoms with van der Waals surface area (Å²) in [6, 6.07) is 9.61. The van der Waals surface area contributed by atoms with E-state index < -0.39 is 0 Å². The third-order valence-electron chi connectivity index (χ3n) is 4.22. The van der Waals surface area contributed by atoms with Gasteiger partial charge in [0.25, 0.3) is 0 Å². The van der Waals surface area contributed by atoms with Crippen molar-refractivity contribution in [1.29, 1.82) is 0 Å². The third kappa shape index (κ3) is 4.07. The van der Waals surface area contributed by atoms with Gasteiger partial charge < -0.3 is 10.1 Å². The summed E-state index contributed by atoms with van der Waals surface area (Å²) in [5, 5.41) is 3.63. The van der Waals surface area contributed by atoms with Crippen LogP contribution in [0.5, 0.6) is 0 Å². The summed E-state index contributed by atoms with van der Waals surface area (Å²) in [5.41, 5.74) is 3.04. The van der Waals surface area contributed by atoms with Gasteiger partial charge in [-0.3, -0.25) is 0 Å². The Morgan fingerprint density at radius 2 is 1.95 bits per heavy atom. The fourth-order valence-corrected chi connectivity index (χ4v) is 2.90. The van der Waals surface area contributed by atoms with Crippen molar-refractivity contribution in [2.75, 3.05) is 19.8 Å². The molecule has 1 aromatic carbocycles. The van der Waals surface area contributed by atoms with Crippen molar-refractivity contribution in [2.24, 2.45) is 5.92 Å². The van der Waals surface area contributed by atoms with E-state index in [1.807, 2.05) is 0 Å². The Bertz CT molecular complexity index is 398. The average molecular weight is 275 g/mol. The van der Waals surface area contributed by atoms with Gasteiger partial charge in [0.15, 0.2) is 0 Å². The van der Waals surface area contributed by atoms with Gasteiger partial charge in [-0.1, -0.05) is 52.0 Å². The van der Waals surface area contributed by atoms with Crippen LogP contribution >= 0.6 is 0 Å². The van der Waals surface area contributed by atoms with E-state index in [-0.39, 0.29) is 5.41 Å². The van der Waals surface area contributed by atoms with E-state index in [0.29, 0.717) is 12.0 Å². The average Bonchev–Trinajstić information content (AvgIpc) is 2.90. The SMILES string of the molecule is CCNC(CC1CCOC1)c1ccc(C(C)(C)C)cc1. The summed E-state index contributed by atoms with van der Waals surface area (Å²) in [7, 11) is 0. The zero-order valence-electron chi connectivity index (χ0n) is 13.4. The third-order valence-corrected chi connectivity index (χ3v) is 4.22. The van der Waals surface area contributed by atoms with E-state index in [9.17, 15) is 0 Å². The lowest BCUT2D eigenvalue weighted by atomic mass is 9.85. The van der Waals surface area contributed by atoms with Crippen LogP contribution in [0.25, 0.3) is 0 Å². The van der Waals surface area contributed by atoms with E-state index in [1.165, 1.54) is 24.0 Å². The highest BCUT2D eigenvalue weighted by Gasteiger charge is 2.22. The van der Waals surface area contributed by atoms with Crippen LogP contribution in [-0.2, 0) is 10.2 Å². The molecule has 1 saturated heterocycles. The molecule has 0 saturated carbocycles. The van der Waals surface area contributed by atoms with Gasteiger partial charge in [-0.05, 0) is 41.8 Å². The summed E-state index contributed by atoms with van der Waals surface area (Å²) < 4.78 is 5.51. The van der Waals surface area contributed by atoms with Crippen molar-refractivity contribution in [3.63, 3.8) is 0 Å². The summed E-state index contributed by atoms with van der Waals surface area (Å²) >= 11 is 0. The Kier molecular flexibility index (Phi) is 5.22. The minimum absolute atomic E-state index is 0.228. The molecule has 0 radical (unpaired) electrons. The highest BCUT2D eigenvalue weighted by atomic mass is 16.5. The lowest BCUT2D eigenvalue weighted by Gasteiger charge is -2.23. The summed E-state index contributed by atoms with van der Waals surface area (Å²) in [6.45, 7) is 11.9. The molecule has 2 heteroatoms. The Morgan fingerprint density at radius 3 is 2.45 bits per heavy atom. The molecule has 0 aliphatic carbocycles. The van der Waals surface area contributed by atoms with Gasteiger partial charge in [0, 0.05) is 19.3 Å². The van der Waals surface area contributed by atoms with Crippen LogP contribution in [0.2, 0.25) is 0 Å². The van der Waals surface area contributed by atoms with Gasteiger partial charge in [0.1, 0.15) is 0 Å². The molecule has 1 N–H and O–H groups in total. The van der Waals surface area contributed by atoms with E-state index in [4.69, 9.17) is 4.74 Å². The van der Waals surface area contributed by atoms with Crippen molar-refractivity contribution in [3.8, 4) is 0 Å². The molecule has 0 amide bonds. The first-order valence-electron chi connectivity index (χ1n) is 7.92. The molecule has 2 rings (SSSR count). The fraction of sp³-hybridized carbons (Fsp3) is 0.667. The topological polar surface area (TPSA) is 21.3 Å². The number of ether oxygens (including phenoxy) is 1. The van der Waals surface area contributed by atoms with Gasteiger partial charge in [0.2, 0.25) is 0 Å². The van der Waals surface area contributed by atoms with Crippen LogP contribution in [0.1, 0.15) is 57.7 Å². The molecule has 112 valence electrons. The predicted molar refractivity (Wildman–Crippen MR) is 85.1 cm³/mol. The first-order valence-corrected chi connectivity index (χ1v) is 7.92. The van der Waals surface area contributed by atoms with Crippen molar-refractivity contribution >= 4 is 0 Å². The molecule has 1 fully saturated rings. The monoisotopic (exact) mass is 275 g/mol. The minimum atomic E-state index is 0.228. The zero-order chi connectivity index (χ0) is 14.6. The van der Waals surface area contributed by atoms with Crippen LogP contribution in [0.3, 0.4) is 0 Å². The number of benzene rings is 1. The van der Waals surface area contributed by atoms with Crippen LogP contribution < -0.4 is 5.32 Å². The predicted octanol–water partition coefficient (Wildman–Crippen LogP) is 4.06. The van der Waals surface area contributed by atoms with Crippen LogP contribution in [0, 0.1) is 5.92 Å². The first kappa shape index (κ1) is 15.5. The van der Waals surface area contributed by atoms with Crippen molar-refractivity contribution in [1.82, 2.24) is 5.32 Å². The number of hydrogen-bond acceptors (Lipinski definition) is 2. The summed E-state index contributed by atoms with van der Waals surface area (Å²) in [4.78, 5) is 0. The Morgan fingerprint density at radius 1 is 1.25 bits per heavy atom. The molecule has 0 bridgehead atoms. The molecule has 20 heavy (non-hydrogen) atoms. The largest absolute Gasteiger partial charge is 0.381 e. The second-order valence-corrected chi connectivity index (χ2v) is 6.95. The molecule has 1 aromatic rings. The van der Waals surface area contributed by atoms with Gasteiger partial charge in [-0.2, -0.15) is 0 Å². The summed E-state index contributed by atoms with van der Waals surface area (Å²) in [6.07, 6.45) is 2.39. The molecule has 0 aromatic heterocycles. The smallest absolute Gasteiger partial charge is 0.0495 e. The van der Waals surface area contributed by atoms with Gasteiger partial charge in [-0.25, -0.2) is 0 Å². The lowest BCUT2D eigenvalue weighted by Crippen LogP contribution is -2.24. The second kappa shape index (κ2) is 6.73.